The third-order valence-electron chi connectivity index (χ3n) is 5.46. The normalized spacial score (nSPS) is 18.9. The first-order valence-electron chi connectivity index (χ1n) is 10.3. The highest BCUT2D eigenvalue weighted by molar-refractivity contribution is 5.95. The lowest BCUT2D eigenvalue weighted by Gasteiger charge is -2.27. The molecule has 2 aliphatic rings. The van der Waals surface area contributed by atoms with Crippen LogP contribution in [0.2, 0.25) is 0 Å². The summed E-state index contributed by atoms with van der Waals surface area (Å²) in [5, 5.41) is 0. The molecule has 1 aromatic rings. The van der Waals surface area contributed by atoms with Crippen molar-refractivity contribution >= 4 is 24.2 Å². The van der Waals surface area contributed by atoms with E-state index in [0.29, 0.717) is 30.2 Å². The third kappa shape index (κ3) is 5.76. The molecule has 0 aromatic heterocycles. The van der Waals surface area contributed by atoms with Gasteiger partial charge >= 0.3 is 0 Å². The van der Waals surface area contributed by atoms with Crippen molar-refractivity contribution in [1.29, 1.82) is 0 Å². The van der Waals surface area contributed by atoms with Crippen LogP contribution in [0, 0.1) is 0 Å². The fourth-order valence-electron chi connectivity index (χ4n) is 3.92. The molecular formula is C21H32ClN3O4. The fraction of sp³-hybridized carbons (Fsp3) is 0.619. The molecule has 2 fully saturated rings. The number of likely N-dealkylation sites (tertiary alicyclic amines) is 2. The molecule has 0 saturated carbocycles. The van der Waals surface area contributed by atoms with Crippen molar-refractivity contribution in [2.75, 3.05) is 39.4 Å². The highest BCUT2D eigenvalue weighted by atomic mass is 35.5. The van der Waals surface area contributed by atoms with Gasteiger partial charge in [0.1, 0.15) is 0 Å². The molecule has 1 unspecified atom stereocenters. The summed E-state index contributed by atoms with van der Waals surface area (Å²) in [6.45, 7) is 5.11. The lowest BCUT2D eigenvalue weighted by atomic mass is 10.1. The largest absolute Gasteiger partial charge is 0.490 e. The lowest BCUT2D eigenvalue weighted by molar-refractivity contribution is -0.134. The number of rotatable bonds is 7. The number of hydrogen-bond acceptors (Lipinski definition) is 5. The van der Waals surface area contributed by atoms with E-state index in [2.05, 4.69) is 0 Å². The molecule has 3 rings (SSSR count). The van der Waals surface area contributed by atoms with Gasteiger partial charge in [-0.25, -0.2) is 0 Å². The van der Waals surface area contributed by atoms with Crippen molar-refractivity contribution in [3.8, 4) is 11.5 Å². The summed E-state index contributed by atoms with van der Waals surface area (Å²) in [6, 6.07) is 5.26. The van der Waals surface area contributed by atoms with Gasteiger partial charge in [-0.3, -0.25) is 9.59 Å². The molecule has 1 atom stereocenters. The zero-order valence-corrected chi connectivity index (χ0v) is 17.9. The number of hydrogen-bond donors (Lipinski definition) is 1. The number of halogens is 1. The number of nitrogens with zero attached hydrogens (tertiary/aromatic N) is 2. The molecule has 2 N–H and O–H groups in total. The third-order valence-corrected chi connectivity index (χ3v) is 5.46. The minimum absolute atomic E-state index is 0. The number of carbonyl (C=O) groups is 2. The second-order valence-electron chi connectivity index (χ2n) is 7.35. The van der Waals surface area contributed by atoms with E-state index in [-0.39, 0.29) is 36.9 Å². The standard InChI is InChI=1S/C21H31N3O4.ClH/c1-2-27-19-13-16(21(26)24-12-6-7-17(24)14-22)8-9-18(19)28-15-20(25)23-10-4-3-5-11-23;/h8-9,13,17H,2-7,10-12,14-15,22H2,1H3;1H. The van der Waals surface area contributed by atoms with Gasteiger partial charge in [-0.15, -0.1) is 12.4 Å². The first-order chi connectivity index (χ1) is 13.6. The van der Waals surface area contributed by atoms with Crippen LogP contribution in [0.25, 0.3) is 0 Å². The maximum Gasteiger partial charge on any atom is 0.260 e. The first kappa shape index (κ1) is 23.3. The monoisotopic (exact) mass is 425 g/mol. The van der Waals surface area contributed by atoms with E-state index in [1.807, 2.05) is 16.7 Å². The summed E-state index contributed by atoms with van der Waals surface area (Å²) in [5.74, 6) is 0.929. The lowest BCUT2D eigenvalue weighted by Crippen LogP contribution is -2.39. The molecule has 2 heterocycles. The number of piperidine rings is 1. The van der Waals surface area contributed by atoms with Crippen LogP contribution >= 0.6 is 12.4 Å². The van der Waals surface area contributed by atoms with Crippen molar-refractivity contribution < 1.29 is 19.1 Å². The average Bonchev–Trinajstić information content (AvgIpc) is 3.21. The van der Waals surface area contributed by atoms with E-state index in [1.54, 1.807) is 18.2 Å². The molecule has 2 aliphatic heterocycles. The van der Waals surface area contributed by atoms with Gasteiger partial charge in [0.05, 0.1) is 6.61 Å². The average molecular weight is 426 g/mol. The topological polar surface area (TPSA) is 85.1 Å². The number of benzene rings is 1. The van der Waals surface area contributed by atoms with Gasteiger partial charge in [-0.2, -0.15) is 0 Å². The van der Waals surface area contributed by atoms with Crippen LogP contribution in [0.1, 0.15) is 49.4 Å². The van der Waals surface area contributed by atoms with Gasteiger partial charge in [-0.1, -0.05) is 0 Å². The smallest absolute Gasteiger partial charge is 0.260 e. The van der Waals surface area contributed by atoms with Crippen molar-refractivity contribution in [2.24, 2.45) is 5.73 Å². The van der Waals surface area contributed by atoms with Crippen molar-refractivity contribution in [1.82, 2.24) is 9.80 Å². The molecule has 162 valence electrons. The molecule has 0 spiro atoms. The van der Waals surface area contributed by atoms with E-state index >= 15 is 0 Å². The van der Waals surface area contributed by atoms with Crippen LogP contribution in [0.4, 0.5) is 0 Å². The van der Waals surface area contributed by atoms with E-state index in [1.165, 1.54) is 6.42 Å². The Bertz CT molecular complexity index is 695. The van der Waals surface area contributed by atoms with E-state index < -0.39 is 0 Å². The van der Waals surface area contributed by atoms with Gasteiger partial charge in [0.2, 0.25) is 0 Å². The second-order valence-corrected chi connectivity index (χ2v) is 7.35. The Morgan fingerprint density at radius 3 is 2.52 bits per heavy atom. The predicted molar refractivity (Wildman–Crippen MR) is 114 cm³/mol. The van der Waals surface area contributed by atoms with Crippen LogP contribution in [0.3, 0.4) is 0 Å². The Morgan fingerprint density at radius 2 is 1.83 bits per heavy atom. The molecular weight excluding hydrogens is 394 g/mol. The van der Waals surface area contributed by atoms with E-state index in [9.17, 15) is 9.59 Å². The van der Waals surface area contributed by atoms with Gasteiger partial charge in [-0.05, 0) is 57.2 Å². The molecule has 2 amide bonds. The maximum absolute atomic E-state index is 12.9. The molecule has 29 heavy (non-hydrogen) atoms. The van der Waals surface area contributed by atoms with Crippen LogP contribution in [0.5, 0.6) is 11.5 Å². The Morgan fingerprint density at radius 1 is 1.07 bits per heavy atom. The highest BCUT2D eigenvalue weighted by Gasteiger charge is 2.29. The summed E-state index contributed by atoms with van der Waals surface area (Å²) in [6.07, 6.45) is 5.20. The number of ether oxygens (including phenoxy) is 2. The number of nitrogens with two attached hydrogens (primary N) is 1. The van der Waals surface area contributed by atoms with Crippen molar-refractivity contribution in [3.05, 3.63) is 23.8 Å². The second kappa shape index (κ2) is 11.3. The van der Waals surface area contributed by atoms with Crippen LogP contribution in [-0.4, -0.2) is 67.0 Å². The number of amides is 2. The summed E-state index contributed by atoms with van der Waals surface area (Å²) in [4.78, 5) is 28.9. The van der Waals surface area contributed by atoms with Crippen molar-refractivity contribution in [2.45, 2.75) is 45.1 Å². The number of carbonyl (C=O) groups excluding carboxylic acids is 2. The Labute approximate surface area is 178 Å². The predicted octanol–water partition coefficient (Wildman–Crippen LogP) is 2.46. The Kier molecular flexibility index (Phi) is 9.04. The van der Waals surface area contributed by atoms with Crippen molar-refractivity contribution in [3.63, 3.8) is 0 Å². The summed E-state index contributed by atoms with van der Waals surface area (Å²) >= 11 is 0. The van der Waals surface area contributed by atoms with Crippen LogP contribution in [0.15, 0.2) is 18.2 Å². The minimum Gasteiger partial charge on any atom is -0.490 e. The van der Waals surface area contributed by atoms with Crippen LogP contribution < -0.4 is 15.2 Å². The quantitative estimate of drug-likeness (QED) is 0.725. The summed E-state index contributed by atoms with van der Waals surface area (Å²) < 4.78 is 11.4. The SMILES string of the molecule is CCOc1cc(C(=O)N2CCCC2CN)ccc1OCC(=O)N1CCCCC1.Cl. The van der Waals surface area contributed by atoms with Gasteiger partial charge < -0.3 is 25.0 Å². The minimum atomic E-state index is -0.0372. The van der Waals surface area contributed by atoms with Gasteiger partial charge in [0.15, 0.2) is 18.1 Å². The molecule has 0 radical (unpaired) electrons. The summed E-state index contributed by atoms with van der Waals surface area (Å²) in [5.41, 5.74) is 6.35. The zero-order chi connectivity index (χ0) is 19.9. The summed E-state index contributed by atoms with van der Waals surface area (Å²) in [7, 11) is 0. The molecule has 8 heteroatoms. The molecule has 0 bridgehead atoms. The Balaban J connectivity index is 0.00000300. The van der Waals surface area contributed by atoms with E-state index in [0.717, 1.165) is 45.3 Å². The fourth-order valence-corrected chi connectivity index (χ4v) is 3.92. The molecule has 2 saturated heterocycles. The maximum atomic E-state index is 12.9. The van der Waals surface area contributed by atoms with E-state index in [4.69, 9.17) is 15.2 Å². The highest BCUT2D eigenvalue weighted by Crippen LogP contribution is 2.30. The molecule has 7 nitrogen and oxygen atoms in total. The van der Waals surface area contributed by atoms with Crippen LogP contribution in [-0.2, 0) is 4.79 Å². The molecule has 1 aromatic carbocycles. The van der Waals surface area contributed by atoms with Gasteiger partial charge in [0.25, 0.3) is 11.8 Å². The Hall–Kier alpha value is -1.99. The van der Waals surface area contributed by atoms with Gasteiger partial charge in [0, 0.05) is 37.8 Å². The zero-order valence-electron chi connectivity index (χ0n) is 17.1. The first-order valence-corrected chi connectivity index (χ1v) is 10.3. The molecule has 0 aliphatic carbocycles.